The molecule has 0 atom stereocenters. The van der Waals surface area contributed by atoms with Gasteiger partial charge in [-0.1, -0.05) is 32.9 Å². The Kier molecular flexibility index (Phi) is 5.82. The number of hydrogen-bond acceptors (Lipinski definition) is 6. The lowest BCUT2D eigenvalue weighted by Gasteiger charge is -2.15. The third-order valence-electron chi connectivity index (χ3n) is 5.38. The zero-order valence-electron chi connectivity index (χ0n) is 19.3. The van der Waals surface area contributed by atoms with Gasteiger partial charge in [-0.3, -0.25) is 9.59 Å². The van der Waals surface area contributed by atoms with E-state index in [2.05, 4.69) is 20.6 Å². The van der Waals surface area contributed by atoms with E-state index in [9.17, 15) is 14.0 Å². The largest absolute Gasteiger partial charge is 0.496 e. The zero-order valence-corrected chi connectivity index (χ0v) is 19.3. The van der Waals surface area contributed by atoms with Crippen LogP contribution < -0.4 is 21.3 Å². The summed E-state index contributed by atoms with van der Waals surface area (Å²) < 4.78 is 20.3. The molecular formula is C24H25FN6O3. The summed E-state index contributed by atoms with van der Waals surface area (Å²) >= 11 is 0. The van der Waals surface area contributed by atoms with Gasteiger partial charge in [0.15, 0.2) is 5.82 Å². The SMILES string of the molecule is COc1ccc(F)cc1C(=O)NCc1ccc(-n2nc(C(C)(C)C)c3c(=O)[nH]nc(N)c32)cc1. The lowest BCUT2D eigenvalue weighted by atomic mass is 9.90. The van der Waals surface area contributed by atoms with Crippen LogP contribution in [0.15, 0.2) is 47.3 Å². The molecule has 4 rings (SSSR count). The lowest BCUT2D eigenvalue weighted by Crippen LogP contribution is -2.23. The molecule has 2 aromatic heterocycles. The van der Waals surface area contributed by atoms with Crippen LogP contribution in [-0.4, -0.2) is 33.0 Å². The summed E-state index contributed by atoms with van der Waals surface area (Å²) in [5.41, 5.74) is 8.00. The number of amides is 1. The van der Waals surface area contributed by atoms with Crippen LogP contribution in [0.25, 0.3) is 16.6 Å². The third kappa shape index (κ3) is 4.21. The minimum atomic E-state index is -0.524. The first kappa shape index (κ1) is 23.0. The molecule has 0 aliphatic carbocycles. The molecule has 176 valence electrons. The Hall–Kier alpha value is -4.21. The van der Waals surface area contributed by atoms with Crippen LogP contribution in [0.3, 0.4) is 0 Å². The number of anilines is 1. The second-order valence-corrected chi connectivity index (χ2v) is 8.87. The number of hydrogen-bond donors (Lipinski definition) is 3. The molecule has 0 radical (unpaired) electrons. The number of methoxy groups -OCH3 is 1. The smallest absolute Gasteiger partial charge is 0.275 e. The van der Waals surface area contributed by atoms with E-state index < -0.39 is 17.1 Å². The average molecular weight is 465 g/mol. The Bertz CT molecular complexity index is 1430. The maximum Gasteiger partial charge on any atom is 0.275 e. The zero-order chi connectivity index (χ0) is 24.6. The summed E-state index contributed by atoms with van der Waals surface area (Å²) in [4.78, 5) is 25.1. The summed E-state index contributed by atoms with van der Waals surface area (Å²) in [6.07, 6.45) is 0. The van der Waals surface area contributed by atoms with Gasteiger partial charge in [-0.15, -0.1) is 0 Å². The Morgan fingerprint density at radius 3 is 2.56 bits per heavy atom. The molecule has 0 unspecified atom stereocenters. The van der Waals surface area contributed by atoms with Crippen LogP contribution in [0, 0.1) is 5.82 Å². The second kappa shape index (κ2) is 8.62. The number of halogens is 1. The van der Waals surface area contributed by atoms with Gasteiger partial charge in [0, 0.05) is 12.0 Å². The van der Waals surface area contributed by atoms with Gasteiger partial charge in [0.25, 0.3) is 11.5 Å². The van der Waals surface area contributed by atoms with Gasteiger partial charge in [-0.25, -0.2) is 14.2 Å². The van der Waals surface area contributed by atoms with Crippen LogP contribution in [0.2, 0.25) is 0 Å². The van der Waals surface area contributed by atoms with E-state index >= 15 is 0 Å². The highest BCUT2D eigenvalue weighted by atomic mass is 19.1. The first-order valence-electron chi connectivity index (χ1n) is 10.6. The van der Waals surface area contributed by atoms with E-state index in [1.165, 1.54) is 19.2 Å². The Balaban J connectivity index is 1.62. The number of fused-ring (bicyclic) bond motifs is 1. The molecule has 9 nitrogen and oxygen atoms in total. The van der Waals surface area contributed by atoms with E-state index in [0.717, 1.165) is 11.6 Å². The first-order valence-corrected chi connectivity index (χ1v) is 10.6. The number of carbonyl (C=O) groups excluding carboxylic acids is 1. The summed E-state index contributed by atoms with van der Waals surface area (Å²) in [5.74, 6) is -0.524. The van der Waals surface area contributed by atoms with Crippen molar-refractivity contribution in [2.24, 2.45) is 0 Å². The molecule has 2 aromatic carbocycles. The molecule has 4 aromatic rings. The van der Waals surface area contributed by atoms with E-state index in [1.807, 2.05) is 45.0 Å². The highest BCUT2D eigenvalue weighted by molar-refractivity contribution is 5.97. The van der Waals surface area contributed by atoms with Gasteiger partial charge in [0.1, 0.15) is 17.1 Å². The number of benzene rings is 2. The minimum absolute atomic E-state index is 0.116. The van der Waals surface area contributed by atoms with E-state index in [0.29, 0.717) is 22.3 Å². The van der Waals surface area contributed by atoms with Crippen LogP contribution in [0.5, 0.6) is 5.75 Å². The second-order valence-electron chi connectivity index (χ2n) is 8.87. The average Bonchev–Trinajstić information content (AvgIpc) is 3.23. The molecule has 0 fully saturated rings. The number of nitrogens with one attached hydrogen (secondary N) is 2. The van der Waals surface area contributed by atoms with Crippen molar-refractivity contribution in [3.63, 3.8) is 0 Å². The topological polar surface area (TPSA) is 128 Å². The quantitative estimate of drug-likeness (QED) is 0.416. The Labute approximate surface area is 194 Å². The molecule has 0 bridgehead atoms. The summed E-state index contributed by atoms with van der Waals surface area (Å²) in [6, 6.07) is 11.0. The van der Waals surface area contributed by atoms with Crippen LogP contribution in [0.1, 0.15) is 42.4 Å². The minimum Gasteiger partial charge on any atom is -0.496 e. The van der Waals surface area contributed by atoms with Crippen molar-refractivity contribution < 1.29 is 13.9 Å². The molecule has 1 amide bonds. The van der Waals surface area contributed by atoms with Crippen molar-refractivity contribution in [2.75, 3.05) is 12.8 Å². The van der Waals surface area contributed by atoms with Gasteiger partial charge in [0.05, 0.1) is 29.4 Å². The van der Waals surface area contributed by atoms with Crippen molar-refractivity contribution in [2.45, 2.75) is 32.7 Å². The summed E-state index contributed by atoms with van der Waals surface area (Å²) in [7, 11) is 1.42. The predicted molar refractivity (Wildman–Crippen MR) is 127 cm³/mol. The standard InChI is InChI=1S/C24H25FN6O3/c1-24(2,3)20-18-19(21(26)28-29-23(18)33)31(30-20)15-8-5-13(6-9-15)12-27-22(32)16-11-14(25)7-10-17(16)34-4/h5-11H,12H2,1-4H3,(H2,26,28)(H,27,32)(H,29,33). The molecule has 0 aliphatic heterocycles. The molecule has 0 saturated carbocycles. The molecule has 0 saturated heterocycles. The van der Waals surface area contributed by atoms with Crippen molar-refractivity contribution >= 4 is 22.6 Å². The van der Waals surface area contributed by atoms with Gasteiger partial charge in [0.2, 0.25) is 0 Å². The lowest BCUT2D eigenvalue weighted by molar-refractivity contribution is 0.0947. The molecule has 0 aliphatic rings. The highest BCUT2D eigenvalue weighted by Crippen LogP contribution is 2.30. The molecule has 34 heavy (non-hydrogen) atoms. The maximum atomic E-state index is 13.6. The van der Waals surface area contributed by atoms with Crippen LogP contribution in [-0.2, 0) is 12.0 Å². The van der Waals surface area contributed by atoms with E-state index in [-0.39, 0.29) is 29.2 Å². The van der Waals surface area contributed by atoms with Gasteiger partial charge >= 0.3 is 0 Å². The number of nitrogens with two attached hydrogens (primary N) is 1. The first-order chi connectivity index (χ1) is 16.1. The van der Waals surface area contributed by atoms with Crippen LogP contribution in [0.4, 0.5) is 10.2 Å². The van der Waals surface area contributed by atoms with Crippen molar-refractivity contribution in [3.8, 4) is 11.4 Å². The van der Waals surface area contributed by atoms with Crippen molar-refractivity contribution in [1.82, 2.24) is 25.3 Å². The van der Waals surface area contributed by atoms with Crippen molar-refractivity contribution in [3.05, 3.63) is 75.5 Å². The fourth-order valence-electron chi connectivity index (χ4n) is 3.69. The number of aromatic nitrogens is 4. The number of nitrogen functional groups attached to an aromatic ring is 1. The predicted octanol–water partition coefficient (Wildman–Crippen LogP) is 3.07. The van der Waals surface area contributed by atoms with Crippen LogP contribution >= 0.6 is 0 Å². The Morgan fingerprint density at radius 1 is 1.21 bits per heavy atom. The monoisotopic (exact) mass is 464 g/mol. The maximum absolute atomic E-state index is 13.6. The number of carbonyl (C=O) groups is 1. The number of H-pyrrole nitrogens is 1. The molecule has 4 N–H and O–H groups in total. The molecule has 0 spiro atoms. The van der Waals surface area contributed by atoms with Gasteiger partial charge in [-0.05, 0) is 35.9 Å². The van der Waals surface area contributed by atoms with Gasteiger partial charge < -0.3 is 15.8 Å². The fraction of sp³-hybridized carbons (Fsp3) is 0.250. The van der Waals surface area contributed by atoms with Crippen molar-refractivity contribution in [1.29, 1.82) is 0 Å². The highest BCUT2D eigenvalue weighted by Gasteiger charge is 2.26. The summed E-state index contributed by atoms with van der Waals surface area (Å²) in [5, 5.41) is 14.2. The molecular weight excluding hydrogens is 439 g/mol. The normalized spacial score (nSPS) is 11.6. The Morgan fingerprint density at radius 2 is 1.91 bits per heavy atom. The van der Waals surface area contributed by atoms with Gasteiger partial charge in [-0.2, -0.15) is 10.2 Å². The summed E-state index contributed by atoms with van der Waals surface area (Å²) in [6.45, 7) is 6.12. The van der Waals surface area contributed by atoms with E-state index in [4.69, 9.17) is 10.5 Å². The number of ether oxygens (including phenoxy) is 1. The number of aromatic amines is 1. The number of rotatable bonds is 5. The molecule has 2 heterocycles. The fourth-order valence-corrected chi connectivity index (χ4v) is 3.69. The van der Waals surface area contributed by atoms with E-state index in [1.54, 1.807) is 4.68 Å². The molecule has 10 heteroatoms. The number of nitrogens with zero attached hydrogens (tertiary/aromatic N) is 3. The third-order valence-corrected chi connectivity index (χ3v) is 5.38.